The summed E-state index contributed by atoms with van der Waals surface area (Å²) < 4.78 is 10.2. The Hall–Kier alpha value is -1.97. The third-order valence-corrected chi connectivity index (χ3v) is 2.48. The Balaban J connectivity index is 2.31. The number of carbonyl (C=O) groups is 1. The van der Waals surface area contributed by atoms with Gasteiger partial charge in [0.2, 0.25) is 0 Å². The smallest absolute Gasteiger partial charge is 0.337 e. The van der Waals surface area contributed by atoms with Crippen molar-refractivity contribution < 1.29 is 14.3 Å². The summed E-state index contributed by atoms with van der Waals surface area (Å²) in [5, 5.41) is 1.02. The predicted octanol–water partition coefficient (Wildman–Crippen LogP) is 2.74. The van der Waals surface area contributed by atoms with Crippen LogP contribution in [0.15, 0.2) is 24.3 Å². The Morgan fingerprint density at radius 2 is 2.18 bits per heavy atom. The Bertz CT molecular complexity index is 530. The average Bonchev–Trinajstić information content (AvgIpc) is 2.76. The zero-order valence-corrected chi connectivity index (χ0v) is 9.95. The van der Waals surface area contributed by atoms with Crippen LogP contribution < -0.4 is 4.74 Å². The number of hydrogen-bond acceptors (Lipinski definition) is 3. The van der Waals surface area contributed by atoms with Crippen molar-refractivity contribution >= 4 is 16.9 Å². The van der Waals surface area contributed by atoms with Gasteiger partial charge in [-0.2, -0.15) is 0 Å². The van der Waals surface area contributed by atoms with Crippen molar-refractivity contribution in [2.24, 2.45) is 0 Å². The number of H-pyrrole nitrogens is 1. The molecule has 1 N–H and O–H groups in total. The topological polar surface area (TPSA) is 51.3 Å². The highest BCUT2D eigenvalue weighted by Crippen LogP contribution is 2.22. The van der Waals surface area contributed by atoms with E-state index in [0.717, 1.165) is 23.2 Å². The van der Waals surface area contributed by atoms with Crippen LogP contribution in [0.5, 0.6) is 5.88 Å². The second-order valence-corrected chi connectivity index (χ2v) is 3.78. The van der Waals surface area contributed by atoms with Gasteiger partial charge < -0.3 is 14.5 Å². The van der Waals surface area contributed by atoms with E-state index < -0.39 is 0 Å². The molecule has 0 aliphatic carbocycles. The van der Waals surface area contributed by atoms with Gasteiger partial charge in [-0.1, -0.05) is 13.0 Å². The predicted molar refractivity (Wildman–Crippen MR) is 65.4 cm³/mol. The molecule has 0 radical (unpaired) electrons. The summed E-state index contributed by atoms with van der Waals surface area (Å²) in [5.74, 6) is 0.390. The van der Waals surface area contributed by atoms with Crippen LogP contribution in [0, 0.1) is 0 Å². The molecule has 0 amide bonds. The lowest BCUT2D eigenvalue weighted by Crippen LogP contribution is -2.00. The van der Waals surface area contributed by atoms with E-state index in [1.165, 1.54) is 7.11 Å². The van der Waals surface area contributed by atoms with Crippen molar-refractivity contribution in [3.8, 4) is 5.88 Å². The van der Waals surface area contributed by atoms with Gasteiger partial charge in [-0.05, 0) is 18.6 Å². The van der Waals surface area contributed by atoms with Crippen LogP contribution in [0.25, 0.3) is 10.9 Å². The summed E-state index contributed by atoms with van der Waals surface area (Å²) in [6.45, 7) is 2.73. The molecule has 4 heteroatoms. The van der Waals surface area contributed by atoms with Gasteiger partial charge in [0.1, 0.15) is 0 Å². The first-order chi connectivity index (χ1) is 8.24. The van der Waals surface area contributed by atoms with E-state index in [2.05, 4.69) is 16.6 Å². The lowest BCUT2D eigenvalue weighted by molar-refractivity contribution is 0.0601. The van der Waals surface area contributed by atoms with Crippen LogP contribution in [0.1, 0.15) is 23.7 Å². The first-order valence-electron chi connectivity index (χ1n) is 5.58. The minimum atomic E-state index is -0.336. The van der Waals surface area contributed by atoms with Crippen molar-refractivity contribution in [1.29, 1.82) is 0 Å². The van der Waals surface area contributed by atoms with Crippen LogP contribution in [-0.4, -0.2) is 24.7 Å². The second kappa shape index (κ2) is 4.91. The van der Waals surface area contributed by atoms with E-state index in [1.54, 1.807) is 12.1 Å². The molecule has 0 atom stereocenters. The van der Waals surface area contributed by atoms with E-state index in [-0.39, 0.29) is 5.97 Å². The Labute approximate surface area is 99.5 Å². The molecule has 1 aromatic carbocycles. The number of fused-ring (bicyclic) bond motifs is 1. The van der Waals surface area contributed by atoms with Crippen LogP contribution >= 0.6 is 0 Å². The zero-order valence-electron chi connectivity index (χ0n) is 9.95. The minimum absolute atomic E-state index is 0.336. The molecule has 2 rings (SSSR count). The van der Waals surface area contributed by atoms with Gasteiger partial charge in [-0.15, -0.1) is 0 Å². The van der Waals surface area contributed by atoms with Crippen LogP contribution in [-0.2, 0) is 4.74 Å². The standard InChI is InChI=1S/C13H15NO3/c1-3-6-17-12-8-9-4-5-10(13(15)16-2)7-11(9)14-12/h4-5,7-8,14H,3,6H2,1-2H3. The summed E-state index contributed by atoms with van der Waals surface area (Å²) in [5.41, 5.74) is 1.41. The fraction of sp³-hybridized carbons (Fsp3) is 0.308. The normalized spacial score (nSPS) is 10.5. The SMILES string of the molecule is CCCOc1cc2ccc(C(=O)OC)cc2[nH]1. The van der Waals surface area contributed by atoms with Gasteiger partial charge in [-0.25, -0.2) is 4.79 Å². The molecule has 0 aliphatic rings. The summed E-state index contributed by atoms with van der Waals surface area (Å²) in [6, 6.07) is 7.30. The lowest BCUT2D eigenvalue weighted by Gasteiger charge is -1.99. The number of esters is 1. The highest BCUT2D eigenvalue weighted by atomic mass is 16.5. The van der Waals surface area contributed by atoms with Gasteiger partial charge in [0.25, 0.3) is 0 Å². The number of carbonyl (C=O) groups excluding carboxylic acids is 1. The molecule has 2 aromatic rings. The Kier molecular flexibility index (Phi) is 3.32. The lowest BCUT2D eigenvalue weighted by atomic mass is 10.2. The van der Waals surface area contributed by atoms with Crippen molar-refractivity contribution in [2.75, 3.05) is 13.7 Å². The van der Waals surface area contributed by atoms with Crippen molar-refractivity contribution in [1.82, 2.24) is 4.98 Å². The van der Waals surface area contributed by atoms with Gasteiger partial charge >= 0.3 is 5.97 Å². The molecule has 17 heavy (non-hydrogen) atoms. The average molecular weight is 233 g/mol. The van der Waals surface area contributed by atoms with Gasteiger partial charge in [-0.3, -0.25) is 0 Å². The monoisotopic (exact) mass is 233 g/mol. The Morgan fingerprint density at radius 3 is 2.88 bits per heavy atom. The molecule has 0 saturated heterocycles. The maximum Gasteiger partial charge on any atom is 0.337 e. The zero-order chi connectivity index (χ0) is 12.3. The number of nitrogens with one attached hydrogen (secondary N) is 1. The van der Waals surface area contributed by atoms with E-state index in [9.17, 15) is 4.79 Å². The molecule has 0 bridgehead atoms. The van der Waals surface area contributed by atoms with Gasteiger partial charge in [0, 0.05) is 17.0 Å². The fourth-order valence-electron chi connectivity index (χ4n) is 1.64. The summed E-state index contributed by atoms with van der Waals surface area (Å²) in [6.07, 6.45) is 0.961. The highest BCUT2D eigenvalue weighted by Gasteiger charge is 2.08. The van der Waals surface area contributed by atoms with Crippen LogP contribution in [0.4, 0.5) is 0 Å². The van der Waals surface area contributed by atoms with Crippen molar-refractivity contribution in [2.45, 2.75) is 13.3 Å². The molecule has 0 spiro atoms. The quantitative estimate of drug-likeness (QED) is 0.826. The maximum absolute atomic E-state index is 11.4. The maximum atomic E-state index is 11.4. The van der Waals surface area contributed by atoms with Crippen LogP contribution in [0.2, 0.25) is 0 Å². The fourth-order valence-corrected chi connectivity index (χ4v) is 1.64. The minimum Gasteiger partial charge on any atom is -0.479 e. The Morgan fingerprint density at radius 1 is 1.35 bits per heavy atom. The first-order valence-corrected chi connectivity index (χ1v) is 5.58. The number of aromatic amines is 1. The molecular weight excluding hydrogens is 218 g/mol. The number of rotatable bonds is 4. The first kappa shape index (κ1) is 11.5. The molecule has 1 aromatic heterocycles. The number of ether oxygens (including phenoxy) is 2. The molecule has 0 fully saturated rings. The molecule has 4 nitrogen and oxygen atoms in total. The van der Waals surface area contributed by atoms with Crippen LogP contribution in [0.3, 0.4) is 0 Å². The number of hydrogen-bond donors (Lipinski definition) is 1. The van der Waals surface area contributed by atoms with E-state index >= 15 is 0 Å². The molecule has 90 valence electrons. The third kappa shape index (κ3) is 2.41. The van der Waals surface area contributed by atoms with Gasteiger partial charge in [0.05, 0.1) is 19.3 Å². The van der Waals surface area contributed by atoms with E-state index in [4.69, 9.17) is 4.74 Å². The summed E-state index contributed by atoms with van der Waals surface area (Å²) in [7, 11) is 1.37. The van der Waals surface area contributed by atoms with E-state index in [0.29, 0.717) is 12.2 Å². The second-order valence-electron chi connectivity index (χ2n) is 3.78. The highest BCUT2D eigenvalue weighted by molar-refractivity contribution is 5.94. The molecule has 0 unspecified atom stereocenters. The van der Waals surface area contributed by atoms with Crippen molar-refractivity contribution in [3.63, 3.8) is 0 Å². The van der Waals surface area contributed by atoms with Gasteiger partial charge in [0.15, 0.2) is 5.88 Å². The number of benzene rings is 1. The van der Waals surface area contributed by atoms with Crippen molar-refractivity contribution in [3.05, 3.63) is 29.8 Å². The molecule has 0 saturated carbocycles. The molecule has 1 heterocycles. The molecule has 0 aliphatic heterocycles. The number of methoxy groups -OCH3 is 1. The third-order valence-electron chi connectivity index (χ3n) is 2.48. The largest absolute Gasteiger partial charge is 0.479 e. The summed E-state index contributed by atoms with van der Waals surface area (Å²) >= 11 is 0. The number of aromatic nitrogens is 1. The summed E-state index contributed by atoms with van der Waals surface area (Å²) in [4.78, 5) is 14.5. The van der Waals surface area contributed by atoms with E-state index in [1.807, 2.05) is 12.1 Å². The molecular formula is C13H15NO3.